The van der Waals surface area contributed by atoms with Gasteiger partial charge in [-0.2, -0.15) is 0 Å². The Morgan fingerprint density at radius 2 is 1.93 bits per heavy atom. The summed E-state index contributed by atoms with van der Waals surface area (Å²) in [6.07, 6.45) is 1.42. The standard InChI is InChI=1S/C20H22N4O6/c1-2-29-16-8-4-3-7-15(16)24-12-13(10-17(24)25)18(26)22-23-20(28)19(27)21-11-14-6-5-9-30-14/h3-9,13H,2,10-12H2,1H3,(H,21,27)(H,22,26)(H,23,28)/t13-/m1/s1. The van der Waals surface area contributed by atoms with Crippen LogP contribution in [0.5, 0.6) is 5.75 Å². The lowest BCUT2D eigenvalue weighted by atomic mass is 10.1. The first kappa shape index (κ1) is 20.9. The Bertz CT molecular complexity index is 927. The Balaban J connectivity index is 1.51. The molecule has 0 saturated carbocycles. The molecule has 1 aliphatic heterocycles. The highest BCUT2D eigenvalue weighted by atomic mass is 16.5. The SMILES string of the molecule is CCOc1ccccc1N1C[C@H](C(=O)NNC(=O)C(=O)NCc2ccco2)CC1=O. The van der Waals surface area contributed by atoms with E-state index in [9.17, 15) is 19.2 Å². The highest BCUT2D eigenvalue weighted by Crippen LogP contribution is 2.33. The van der Waals surface area contributed by atoms with E-state index in [0.717, 1.165) is 0 Å². The summed E-state index contributed by atoms with van der Waals surface area (Å²) in [6, 6.07) is 10.4. The third kappa shape index (κ3) is 4.96. The highest BCUT2D eigenvalue weighted by molar-refractivity contribution is 6.35. The zero-order valence-corrected chi connectivity index (χ0v) is 16.3. The zero-order chi connectivity index (χ0) is 21.5. The number of carbonyl (C=O) groups excluding carboxylic acids is 4. The molecule has 0 unspecified atom stereocenters. The maximum atomic E-state index is 12.4. The molecule has 1 aromatic heterocycles. The van der Waals surface area contributed by atoms with Gasteiger partial charge in [0.25, 0.3) is 0 Å². The third-order valence-corrected chi connectivity index (χ3v) is 4.46. The summed E-state index contributed by atoms with van der Waals surface area (Å²) < 4.78 is 10.6. The molecule has 3 rings (SSSR count). The Morgan fingerprint density at radius 1 is 1.13 bits per heavy atom. The number of rotatable bonds is 6. The molecule has 158 valence electrons. The topological polar surface area (TPSA) is 130 Å². The van der Waals surface area contributed by atoms with Crippen LogP contribution in [0.1, 0.15) is 19.1 Å². The van der Waals surface area contributed by atoms with Gasteiger partial charge in [0, 0.05) is 13.0 Å². The predicted octanol–water partition coefficient (Wildman–Crippen LogP) is 0.495. The zero-order valence-electron chi connectivity index (χ0n) is 16.3. The molecule has 30 heavy (non-hydrogen) atoms. The molecule has 4 amide bonds. The van der Waals surface area contributed by atoms with Gasteiger partial charge in [-0.25, -0.2) is 0 Å². The van der Waals surface area contributed by atoms with E-state index in [1.54, 1.807) is 36.4 Å². The molecular formula is C20H22N4O6. The number of nitrogens with one attached hydrogen (secondary N) is 3. The van der Waals surface area contributed by atoms with Gasteiger partial charge in [0.15, 0.2) is 0 Å². The summed E-state index contributed by atoms with van der Waals surface area (Å²) in [6.45, 7) is 2.46. The maximum absolute atomic E-state index is 12.4. The minimum Gasteiger partial charge on any atom is -0.492 e. The molecule has 0 radical (unpaired) electrons. The molecule has 3 N–H and O–H groups in total. The van der Waals surface area contributed by atoms with E-state index in [1.807, 2.05) is 6.92 Å². The number of ether oxygens (including phenoxy) is 1. The van der Waals surface area contributed by atoms with Crippen LogP contribution in [-0.2, 0) is 25.7 Å². The molecule has 0 bridgehead atoms. The number of hydrogen-bond donors (Lipinski definition) is 3. The van der Waals surface area contributed by atoms with E-state index in [4.69, 9.17) is 9.15 Å². The Labute approximate surface area is 172 Å². The number of para-hydroxylation sites is 2. The van der Waals surface area contributed by atoms with Crippen LogP contribution in [-0.4, -0.2) is 36.8 Å². The summed E-state index contributed by atoms with van der Waals surface area (Å²) in [5.74, 6) is -2.40. The van der Waals surface area contributed by atoms with Crippen molar-refractivity contribution in [3.63, 3.8) is 0 Å². The van der Waals surface area contributed by atoms with E-state index in [1.165, 1.54) is 11.2 Å². The van der Waals surface area contributed by atoms with Crippen molar-refractivity contribution in [2.75, 3.05) is 18.1 Å². The summed E-state index contributed by atoms with van der Waals surface area (Å²) >= 11 is 0. The summed E-state index contributed by atoms with van der Waals surface area (Å²) in [4.78, 5) is 49.9. The molecule has 2 aromatic rings. The molecular weight excluding hydrogens is 392 g/mol. The molecule has 1 atom stereocenters. The first-order valence-corrected chi connectivity index (χ1v) is 9.42. The minimum absolute atomic E-state index is 0.0210. The minimum atomic E-state index is -1.03. The lowest BCUT2D eigenvalue weighted by Gasteiger charge is -2.20. The second-order valence-corrected chi connectivity index (χ2v) is 6.51. The van der Waals surface area contributed by atoms with Crippen molar-refractivity contribution in [2.24, 2.45) is 5.92 Å². The van der Waals surface area contributed by atoms with Crippen LogP contribution in [0, 0.1) is 5.92 Å². The maximum Gasteiger partial charge on any atom is 0.327 e. The van der Waals surface area contributed by atoms with Gasteiger partial charge in [0.1, 0.15) is 11.5 Å². The molecule has 2 heterocycles. The van der Waals surface area contributed by atoms with Crippen molar-refractivity contribution < 1.29 is 28.3 Å². The lowest BCUT2D eigenvalue weighted by Crippen LogP contribution is -2.50. The summed E-state index contributed by atoms with van der Waals surface area (Å²) in [7, 11) is 0. The quantitative estimate of drug-likeness (QED) is 0.466. The monoisotopic (exact) mass is 414 g/mol. The van der Waals surface area contributed by atoms with Gasteiger partial charge in [0.05, 0.1) is 31.0 Å². The Morgan fingerprint density at radius 3 is 2.67 bits per heavy atom. The number of anilines is 1. The van der Waals surface area contributed by atoms with E-state index < -0.39 is 23.6 Å². The van der Waals surface area contributed by atoms with Gasteiger partial charge in [0.2, 0.25) is 11.8 Å². The van der Waals surface area contributed by atoms with Crippen molar-refractivity contribution >= 4 is 29.3 Å². The van der Waals surface area contributed by atoms with Gasteiger partial charge in [-0.1, -0.05) is 12.1 Å². The number of benzene rings is 1. The molecule has 1 aliphatic rings. The van der Waals surface area contributed by atoms with Crippen molar-refractivity contribution in [1.82, 2.24) is 16.2 Å². The fourth-order valence-electron chi connectivity index (χ4n) is 3.01. The van der Waals surface area contributed by atoms with Crippen LogP contribution in [0.4, 0.5) is 5.69 Å². The number of hydrogen-bond acceptors (Lipinski definition) is 6. The fourth-order valence-corrected chi connectivity index (χ4v) is 3.01. The van der Waals surface area contributed by atoms with E-state index in [2.05, 4.69) is 16.2 Å². The molecule has 10 heteroatoms. The van der Waals surface area contributed by atoms with Crippen LogP contribution in [0.25, 0.3) is 0 Å². The molecule has 0 spiro atoms. The molecule has 0 aliphatic carbocycles. The van der Waals surface area contributed by atoms with E-state index in [0.29, 0.717) is 23.8 Å². The average Bonchev–Trinajstić information content (AvgIpc) is 3.40. The van der Waals surface area contributed by atoms with Crippen molar-refractivity contribution in [1.29, 1.82) is 0 Å². The number of amides is 4. The van der Waals surface area contributed by atoms with Gasteiger partial charge < -0.3 is 19.4 Å². The highest BCUT2D eigenvalue weighted by Gasteiger charge is 2.36. The molecule has 1 saturated heterocycles. The number of furan rings is 1. The third-order valence-electron chi connectivity index (χ3n) is 4.46. The number of nitrogens with zero attached hydrogens (tertiary/aromatic N) is 1. The van der Waals surface area contributed by atoms with Gasteiger partial charge >= 0.3 is 11.8 Å². The van der Waals surface area contributed by atoms with Crippen LogP contribution < -0.4 is 25.8 Å². The van der Waals surface area contributed by atoms with Crippen LogP contribution in [0.2, 0.25) is 0 Å². The Kier molecular flexibility index (Phi) is 6.68. The fraction of sp³-hybridized carbons (Fsp3) is 0.300. The van der Waals surface area contributed by atoms with Crippen molar-refractivity contribution in [3.8, 4) is 5.75 Å². The molecule has 1 aromatic carbocycles. The Hall–Kier alpha value is -3.82. The van der Waals surface area contributed by atoms with Crippen molar-refractivity contribution in [3.05, 3.63) is 48.4 Å². The summed E-state index contributed by atoms with van der Waals surface area (Å²) in [5, 5.41) is 2.36. The van der Waals surface area contributed by atoms with Crippen LogP contribution >= 0.6 is 0 Å². The summed E-state index contributed by atoms with van der Waals surface area (Å²) in [5.41, 5.74) is 4.84. The molecule has 1 fully saturated rings. The number of hydrazine groups is 1. The predicted molar refractivity (Wildman–Crippen MR) is 105 cm³/mol. The first-order valence-electron chi connectivity index (χ1n) is 9.42. The first-order chi connectivity index (χ1) is 14.5. The lowest BCUT2D eigenvalue weighted by molar-refractivity contribution is -0.141. The largest absolute Gasteiger partial charge is 0.492 e. The van der Waals surface area contributed by atoms with Gasteiger partial charge in [-0.05, 0) is 31.2 Å². The van der Waals surface area contributed by atoms with E-state index >= 15 is 0 Å². The average molecular weight is 414 g/mol. The van der Waals surface area contributed by atoms with E-state index in [-0.39, 0.29) is 25.4 Å². The molecule has 10 nitrogen and oxygen atoms in total. The second-order valence-electron chi connectivity index (χ2n) is 6.51. The smallest absolute Gasteiger partial charge is 0.327 e. The van der Waals surface area contributed by atoms with Crippen LogP contribution in [0.15, 0.2) is 47.1 Å². The number of carbonyl (C=O) groups is 4. The van der Waals surface area contributed by atoms with Crippen molar-refractivity contribution in [2.45, 2.75) is 19.9 Å². The second kappa shape index (κ2) is 9.59. The normalized spacial score (nSPS) is 15.6. The van der Waals surface area contributed by atoms with Gasteiger partial charge in [-0.15, -0.1) is 0 Å². The van der Waals surface area contributed by atoms with Gasteiger partial charge in [-0.3, -0.25) is 30.0 Å². The van der Waals surface area contributed by atoms with Crippen LogP contribution in [0.3, 0.4) is 0 Å².